The summed E-state index contributed by atoms with van der Waals surface area (Å²) < 4.78 is 42.8. The Morgan fingerprint density at radius 3 is 2.50 bits per heavy atom. The van der Waals surface area contributed by atoms with Crippen molar-refractivity contribution < 1.29 is 22.7 Å². The normalized spacial score (nSPS) is 11.4. The zero-order chi connectivity index (χ0) is 14.8. The Hall–Kier alpha value is -2.31. The lowest BCUT2D eigenvalue weighted by Crippen LogP contribution is -2.09. The molecule has 0 aliphatic heterocycles. The molecular formula is C13H11F3N2O2. The van der Waals surface area contributed by atoms with Crippen molar-refractivity contribution in [3.8, 4) is 11.3 Å². The topological polar surface area (TPSA) is 55.0 Å². The first kappa shape index (κ1) is 14.1. The molecule has 0 atom stereocenters. The van der Waals surface area contributed by atoms with Crippen LogP contribution in [0.3, 0.4) is 0 Å². The highest BCUT2D eigenvalue weighted by Crippen LogP contribution is 2.31. The van der Waals surface area contributed by atoms with Crippen molar-refractivity contribution in [2.45, 2.75) is 13.1 Å². The van der Waals surface area contributed by atoms with E-state index in [4.69, 9.17) is 4.74 Å². The van der Waals surface area contributed by atoms with Gasteiger partial charge in [-0.3, -0.25) is 0 Å². The van der Waals surface area contributed by atoms with E-state index in [1.807, 2.05) is 4.98 Å². The maximum Gasteiger partial charge on any atom is 0.449 e. The van der Waals surface area contributed by atoms with Crippen LogP contribution in [0.25, 0.3) is 11.3 Å². The number of ether oxygens (including phenoxy) is 1. The van der Waals surface area contributed by atoms with Gasteiger partial charge in [-0.05, 0) is 6.92 Å². The van der Waals surface area contributed by atoms with E-state index >= 15 is 0 Å². The van der Waals surface area contributed by atoms with Gasteiger partial charge in [0.05, 0.1) is 6.61 Å². The van der Waals surface area contributed by atoms with E-state index in [-0.39, 0.29) is 18.0 Å². The highest BCUT2D eigenvalue weighted by Gasteiger charge is 2.37. The average molecular weight is 284 g/mol. The fraction of sp³-hybridized carbons (Fsp3) is 0.231. The van der Waals surface area contributed by atoms with Crippen LogP contribution in [0.15, 0.2) is 30.3 Å². The Bertz CT molecular complexity index is 606. The number of hydrogen-bond acceptors (Lipinski definition) is 3. The van der Waals surface area contributed by atoms with Crippen molar-refractivity contribution in [1.29, 1.82) is 0 Å². The molecule has 2 aromatic rings. The number of nitrogens with zero attached hydrogens (tertiary/aromatic N) is 1. The summed E-state index contributed by atoms with van der Waals surface area (Å²) in [6.45, 7) is 1.63. The number of carbonyl (C=O) groups is 1. The van der Waals surface area contributed by atoms with Crippen molar-refractivity contribution in [2.24, 2.45) is 0 Å². The molecule has 20 heavy (non-hydrogen) atoms. The first-order valence-electron chi connectivity index (χ1n) is 5.83. The van der Waals surface area contributed by atoms with Crippen LogP contribution in [-0.2, 0) is 10.9 Å². The molecule has 106 valence electrons. The van der Waals surface area contributed by atoms with Crippen molar-refractivity contribution in [2.75, 3.05) is 6.61 Å². The zero-order valence-electron chi connectivity index (χ0n) is 10.5. The number of halogens is 3. The molecular weight excluding hydrogens is 273 g/mol. The number of imidazole rings is 1. The van der Waals surface area contributed by atoms with Crippen molar-refractivity contribution in [3.63, 3.8) is 0 Å². The van der Waals surface area contributed by atoms with Gasteiger partial charge in [-0.2, -0.15) is 13.2 Å². The second-order valence-corrected chi connectivity index (χ2v) is 3.89. The number of aromatic amines is 1. The summed E-state index contributed by atoms with van der Waals surface area (Å²) in [4.78, 5) is 17.2. The Morgan fingerprint density at radius 2 is 1.95 bits per heavy atom. The maximum absolute atomic E-state index is 12.7. The lowest BCUT2D eigenvalue weighted by atomic mass is 10.1. The second-order valence-electron chi connectivity index (χ2n) is 3.89. The molecule has 0 amide bonds. The number of rotatable bonds is 3. The van der Waals surface area contributed by atoms with Gasteiger partial charge in [-0.25, -0.2) is 9.78 Å². The van der Waals surface area contributed by atoms with Crippen molar-refractivity contribution in [1.82, 2.24) is 9.97 Å². The lowest BCUT2D eigenvalue weighted by Gasteiger charge is -2.02. The third kappa shape index (κ3) is 2.81. The number of H-pyrrole nitrogens is 1. The first-order valence-corrected chi connectivity index (χ1v) is 5.83. The summed E-state index contributed by atoms with van der Waals surface area (Å²) in [5.41, 5.74) is 0.0315. The summed E-state index contributed by atoms with van der Waals surface area (Å²) in [5.74, 6) is -2.09. The number of hydrogen-bond donors (Lipinski definition) is 1. The van der Waals surface area contributed by atoms with Gasteiger partial charge in [0.1, 0.15) is 5.69 Å². The molecule has 0 fully saturated rings. The van der Waals surface area contributed by atoms with Gasteiger partial charge in [-0.15, -0.1) is 0 Å². The molecule has 0 aliphatic rings. The molecule has 1 heterocycles. The van der Waals surface area contributed by atoms with Crippen LogP contribution in [0.1, 0.15) is 23.2 Å². The van der Waals surface area contributed by atoms with E-state index in [0.29, 0.717) is 5.56 Å². The molecule has 1 aromatic heterocycles. The molecule has 0 saturated carbocycles. The fourth-order valence-electron chi connectivity index (χ4n) is 1.66. The number of alkyl halides is 3. The Balaban J connectivity index is 2.54. The highest BCUT2D eigenvalue weighted by molar-refractivity contribution is 5.94. The fourth-order valence-corrected chi connectivity index (χ4v) is 1.66. The summed E-state index contributed by atoms with van der Waals surface area (Å²) in [7, 11) is 0. The van der Waals surface area contributed by atoms with Gasteiger partial charge in [0.15, 0.2) is 5.69 Å². The van der Waals surface area contributed by atoms with E-state index in [1.165, 1.54) is 0 Å². The summed E-state index contributed by atoms with van der Waals surface area (Å²) >= 11 is 0. The first-order chi connectivity index (χ1) is 9.43. The average Bonchev–Trinajstić information content (AvgIpc) is 2.85. The van der Waals surface area contributed by atoms with E-state index < -0.39 is 18.0 Å². The standard InChI is InChI=1S/C13H11F3N2O2/c1-2-20-11(19)10-9(8-6-4-3-5-7-8)17-12(18-10)13(14,15)16/h3-7H,2H2,1H3,(H,17,18). The highest BCUT2D eigenvalue weighted by atomic mass is 19.4. The maximum atomic E-state index is 12.7. The van der Waals surface area contributed by atoms with Gasteiger partial charge in [0, 0.05) is 5.56 Å². The number of aromatic nitrogens is 2. The van der Waals surface area contributed by atoms with Crippen LogP contribution in [-0.4, -0.2) is 22.5 Å². The lowest BCUT2D eigenvalue weighted by molar-refractivity contribution is -0.144. The molecule has 0 spiro atoms. The quantitative estimate of drug-likeness (QED) is 0.880. The summed E-state index contributed by atoms with van der Waals surface area (Å²) in [5, 5.41) is 0. The molecule has 1 aromatic carbocycles. The van der Waals surface area contributed by atoms with E-state index in [9.17, 15) is 18.0 Å². The van der Waals surface area contributed by atoms with Crippen LogP contribution >= 0.6 is 0 Å². The number of esters is 1. The number of nitrogens with one attached hydrogen (secondary N) is 1. The molecule has 0 bridgehead atoms. The van der Waals surface area contributed by atoms with Crippen LogP contribution in [0.5, 0.6) is 0 Å². The summed E-state index contributed by atoms with van der Waals surface area (Å²) in [6, 6.07) is 8.14. The smallest absolute Gasteiger partial charge is 0.449 e. The predicted octanol–water partition coefficient (Wildman–Crippen LogP) is 3.27. The van der Waals surface area contributed by atoms with Gasteiger partial charge in [0.25, 0.3) is 0 Å². The molecule has 1 N–H and O–H groups in total. The Kier molecular flexibility index (Phi) is 3.78. The minimum atomic E-state index is -4.66. The van der Waals surface area contributed by atoms with Crippen LogP contribution in [0.4, 0.5) is 13.2 Å². The van der Waals surface area contributed by atoms with Gasteiger partial charge in [0.2, 0.25) is 5.82 Å². The van der Waals surface area contributed by atoms with Crippen molar-refractivity contribution in [3.05, 3.63) is 41.9 Å². The van der Waals surface area contributed by atoms with Crippen LogP contribution < -0.4 is 0 Å². The third-order valence-electron chi connectivity index (χ3n) is 2.50. The Morgan fingerprint density at radius 1 is 1.30 bits per heavy atom. The number of benzene rings is 1. The summed E-state index contributed by atoms with van der Waals surface area (Å²) in [6.07, 6.45) is -4.66. The minimum Gasteiger partial charge on any atom is -0.461 e. The molecule has 0 aliphatic carbocycles. The molecule has 0 radical (unpaired) electrons. The molecule has 2 rings (SSSR count). The monoisotopic (exact) mass is 284 g/mol. The van der Waals surface area contributed by atoms with Crippen LogP contribution in [0, 0.1) is 0 Å². The molecule has 7 heteroatoms. The van der Waals surface area contributed by atoms with Crippen molar-refractivity contribution >= 4 is 5.97 Å². The van der Waals surface area contributed by atoms with Gasteiger partial charge in [-0.1, -0.05) is 30.3 Å². The van der Waals surface area contributed by atoms with E-state index in [0.717, 1.165) is 0 Å². The van der Waals surface area contributed by atoms with E-state index in [2.05, 4.69) is 4.98 Å². The largest absolute Gasteiger partial charge is 0.461 e. The predicted molar refractivity (Wildman–Crippen MR) is 65.0 cm³/mol. The van der Waals surface area contributed by atoms with Gasteiger partial charge >= 0.3 is 12.1 Å². The minimum absolute atomic E-state index is 0.0629. The van der Waals surface area contributed by atoms with E-state index in [1.54, 1.807) is 37.3 Å². The SMILES string of the molecule is CCOC(=O)c1[nH]c(C(F)(F)F)nc1-c1ccccc1. The van der Waals surface area contributed by atoms with Gasteiger partial charge < -0.3 is 9.72 Å². The molecule has 0 unspecified atom stereocenters. The second kappa shape index (κ2) is 5.36. The third-order valence-corrected chi connectivity index (χ3v) is 2.50. The Labute approximate surface area is 112 Å². The molecule has 0 saturated heterocycles. The number of carbonyl (C=O) groups excluding carboxylic acids is 1. The van der Waals surface area contributed by atoms with Crippen LogP contribution in [0.2, 0.25) is 0 Å². The zero-order valence-corrected chi connectivity index (χ0v) is 10.5. The molecule has 4 nitrogen and oxygen atoms in total.